The summed E-state index contributed by atoms with van der Waals surface area (Å²) < 4.78 is 1.47. The Kier molecular flexibility index (Phi) is 4.75. The number of hydroxylamine groups is 2. The molecule has 27 heavy (non-hydrogen) atoms. The van der Waals surface area contributed by atoms with Crippen LogP contribution in [0.25, 0.3) is 0 Å². The van der Waals surface area contributed by atoms with Crippen molar-refractivity contribution in [1.29, 1.82) is 0 Å². The molecule has 1 saturated heterocycles. The van der Waals surface area contributed by atoms with Gasteiger partial charge in [-0.1, -0.05) is 60.7 Å². The molecule has 1 aliphatic heterocycles. The molecule has 0 spiro atoms. The topological polar surface area (TPSA) is 67.3 Å². The number of rotatable bonds is 4. The molecule has 0 unspecified atom stereocenters. The molecule has 1 aliphatic rings. The zero-order valence-corrected chi connectivity index (χ0v) is 15.0. The van der Waals surface area contributed by atoms with Crippen LogP contribution in [-0.4, -0.2) is 14.6 Å². The molecule has 1 N–H and O–H groups in total. The van der Waals surface area contributed by atoms with Crippen LogP contribution < -0.4 is 11.2 Å². The number of benzene rings is 2. The Morgan fingerprint density at radius 3 is 2.41 bits per heavy atom. The number of hydrogen-bond donors (Lipinski definition) is 1. The fraction of sp³-hybridized carbons (Fsp3) is 0.238. The summed E-state index contributed by atoms with van der Waals surface area (Å²) in [6, 6.07) is 20.2. The Morgan fingerprint density at radius 2 is 1.70 bits per heavy atom. The van der Waals surface area contributed by atoms with Gasteiger partial charge in [-0.3, -0.25) is 19.2 Å². The Hall–Kier alpha value is -2.96. The van der Waals surface area contributed by atoms with Crippen LogP contribution in [0.3, 0.4) is 0 Å². The molecular formula is C21H21N3O3. The molecule has 2 aromatic carbocycles. The molecule has 0 amide bonds. The molecule has 2 heterocycles. The zero-order chi connectivity index (χ0) is 18.8. The van der Waals surface area contributed by atoms with Crippen molar-refractivity contribution in [2.24, 2.45) is 0 Å². The van der Waals surface area contributed by atoms with E-state index in [1.54, 1.807) is 13.1 Å². The number of aromatic nitrogens is 2. The van der Waals surface area contributed by atoms with Crippen LogP contribution in [0, 0.1) is 6.92 Å². The minimum absolute atomic E-state index is 0.00976. The van der Waals surface area contributed by atoms with Gasteiger partial charge in [0.05, 0.1) is 6.04 Å². The maximum absolute atomic E-state index is 12.3. The summed E-state index contributed by atoms with van der Waals surface area (Å²) in [6.45, 7) is 2.29. The lowest BCUT2D eigenvalue weighted by molar-refractivity contribution is -0.191. The van der Waals surface area contributed by atoms with Gasteiger partial charge < -0.3 is 0 Å². The highest BCUT2D eigenvalue weighted by Crippen LogP contribution is 2.39. The van der Waals surface area contributed by atoms with Gasteiger partial charge in [0.25, 0.3) is 5.56 Å². The van der Waals surface area contributed by atoms with E-state index < -0.39 is 11.9 Å². The summed E-state index contributed by atoms with van der Waals surface area (Å²) >= 11 is 0. The predicted octanol–water partition coefficient (Wildman–Crippen LogP) is 2.92. The third-order valence-corrected chi connectivity index (χ3v) is 4.85. The highest BCUT2D eigenvalue weighted by atomic mass is 16.7. The SMILES string of the molecule is Cc1cn([C@H]2C[C@@H](c3ccccc3)N(Cc3ccccc3)O2)c(=O)[nH]c1=O. The zero-order valence-electron chi connectivity index (χ0n) is 15.0. The minimum atomic E-state index is -0.470. The fourth-order valence-corrected chi connectivity index (χ4v) is 3.43. The number of aromatic amines is 1. The maximum atomic E-state index is 12.3. The average molecular weight is 363 g/mol. The van der Waals surface area contributed by atoms with Gasteiger partial charge >= 0.3 is 5.69 Å². The fourth-order valence-electron chi connectivity index (χ4n) is 3.43. The van der Waals surface area contributed by atoms with Crippen LogP contribution in [0.2, 0.25) is 0 Å². The summed E-state index contributed by atoms with van der Waals surface area (Å²) in [6.07, 6.45) is 1.71. The summed E-state index contributed by atoms with van der Waals surface area (Å²) in [5, 5.41) is 1.92. The molecule has 0 radical (unpaired) electrons. The van der Waals surface area contributed by atoms with Gasteiger partial charge in [-0.05, 0) is 18.1 Å². The smallest absolute Gasteiger partial charge is 0.274 e. The van der Waals surface area contributed by atoms with Gasteiger partial charge in [0.15, 0.2) is 6.23 Å². The van der Waals surface area contributed by atoms with Crippen molar-refractivity contribution in [1.82, 2.24) is 14.6 Å². The number of aryl methyl sites for hydroxylation is 1. The maximum Gasteiger partial charge on any atom is 0.330 e. The molecule has 6 heteroatoms. The van der Waals surface area contributed by atoms with E-state index in [2.05, 4.69) is 29.2 Å². The number of nitrogens with zero attached hydrogens (tertiary/aromatic N) is 2. The van der Waals surface area contributed by atoms with Crippen LogP contribution in [0.5, 0.6) is 0 Å². The van der Waals surface area contributed by atoms with E-state index in [-0.39, 0.29) is 11.6 Å². The molecular weight excluding hydrogens is 342 g/mol. The predicted molar refractivity (Wildman–Crippen MR) is 102 cm³/mol. The first kappa shape index (κ1) is 17.5. The monoisotopic (exact) mass is 363 g/mol. The van der Waals surface area contributed by atoms with E-state index in [1.165, 1.54) is 4.57 Å². The van der Waals surface area contributed by atoms with Crippen molar-refractivity contribution in [2.75, 3.05) is 0 Å². The van der Waals surface area contributed by atoms with E-state index in [9.17, 15) is 9.59 Å². The van der Waals surface area contributed by atoms with E-state index in [4.69, 9.17) is 4.84 Å². The quantitative estimate of drug-likeness (QED) is 0.774. The summed E-state index contributed by atoms with van der Waals surface area (Å²) in [7, 11) is 0. The molecule has 6 nitrogen and oxygen atoms in total. The Balaban J connectivity index is 1.68. The van der Waals surface area contributed by atoms with Crippen molar-refractivity contribution in [3.05, 3.63) is 104 Å². The van der Waals surface area contributed by atoms with Crippen molar-refractivity contribution in [2.45, 2.75) is 32.2 Å². The Morgan fingerprint density at radius 1 is 1.04 bits per heavy atom. The lowest BCUT2D eigenvalue weighted by Crippen LogP contribution is -2.33. The molecule has 0 aliphatic carbocycles. The third kappa shape index (κ3) is 3.63. The van der Waals surface area contributed by atoms with Crippen LogP contribution >= 0.6 is 0 Å². The van der Waals surface area contributed by atoms with E-state index in [0.29, 0.717) is 18.5 Å². The molecule has 4 rings (SSSR count). The second kappa shape index (κ2) is 7.34. The van der Waals surface area contributed by atoms with Gasteiger partial charge in [-0.2, -0.15) is 5.06 Å². The molecule has 138 valence electrons. The number of hydrogen-bond acceptors (Lipinski definition) is 4. The summed E-state index contributed by atoms with van der Waals surface area (Å²) in [5.74, 6) is 0. The Labute approximate surface area is 156 Å². The molecule has 1 fully saturated rings. The first-order chi connectivity index (χ1) is 13.1. The molecule has 0 bridgehead atoms. The summed E-state index contributed by atoms with van der Waals surface area (Å²) in [4.78, 5) is 32.5. The van der Waals surface area contributed by atoms with Crippen molar-refractivity contribution in [3.8, 4) is 0 Å². The van der Waals surface area contributed by atoms with Crippen LogP contribution in [-0.2, 0) is 11.4 Å². The van der Waals surface area contributed by atoms with Crippen LogP contribution in [0.15, 0.2) is 76.4 Å². The van der Waals surface area contributed by atoms with Gasteiger partial charge in [-0.25, -0.2) is 4.79 Å². The van der Waals surface area contributed by atoms with Gasteiger partial charge in [0, 0.05) is 24.7 Å². The lowest BCUT2D eigenvalue weighted by Gasteiger charge is -2.23. The van der Waals surface area contributed by atoms with Crippen molar-refractivity contribution < 1.29 is 4.84 Å². The lowest BCUT2D eigenvalue weighted by atomic mass is 10.0. The number of nitrogens with one attached hydrogen (secondary N) is 1. The Bertz CT molecular complexity index is 1030. The molecule has 1 aromatic heterocycles. The van der Waals surface area contributed by atoms with Crippen molar-refractivity contribution >= 4 is 0 Å². The molecule has 0 saturated carbocycles. The van der Waals surface area contributed by atoms with E-state index in [0.717, 1.165) is 11.1 Å². The number of H-pyrrole nitrogens is 1. The second-order valence-corrected chi connectivity index (χ2v) is 6.76. The second-order valence-electron chi connectivity index (χ2n) is 6.76. The van der Waals surface area contributed by atoms with E-state index in [1.807, 2.05) is 41.5 Å². The van der Waals surface area contributed by atoms with Crippen LogP contribution in [0.4, 0.5) is 0 Å². The standard InChI is InChI=1S/C21H21N3O3/c1-15-13-23(21(26)22-20(15)25)19-12-18(17-10-6-3-7-11-17)24(27-19)14-16-8-4-2-5-9-16/h2-11,13,18-19H,12,14H2,1H3,(H,22,25,26)/t18-,19+/m0/s1. The first-order valence-corrected chi connectivity index (χ1v) is 8.96. The largest absolute Gasteiger partial charge is 0.330 e. The minimum Gasteiger partial charge on any atom is -0.274 e. The molecule has 2 atom stereocenters. The summed E-state index contributed by atoms with van der Waals surface area (Å²) in [5.41, 5.74) is 1.92. The first-order valence-electron chi connectivity index (χ1n) is 8.96. The van der Waals surface area contributed by atoms with E-state index >= 15 is 0 Å². The van der Waals surface area contributed by atoms with Gasteiger partial charge in [0.1, 0.15) is 0 Å². The van der Waals surface area contributed by atoms with Crippen LogP contribution in [0.1, 0.15) is 35.4 Å². The molecule has 3 aromatic rings. The van der Waals surface area contributed by atoms with Crippen molar-refractivity contribution in [3.63, 3.8) is 0 Å². The average Bonchev–Trinajstić information content (AvgIpc) is 3.09. The third-order valence-electron chi connectivity index (χ3n) is 4.85. The highest BCUT2D eigenvalue weighted by molar-refractivity contribution is 5.21. The normalized spacial score (nSPS) is 20.0. The van der Waals surface area contributed by atoms with Gasteiger partial charge in [0.2, 0.25) is 0 Å². The highest BCUT2D eigenvalue weighted by Gasteiger charge is 2.36. The van der Waals surface area contributed by atoms with Gasteiger partial charge in [-0.15, -0.1) is 0 Å².